The fraction of sp³-hybridized carbons (Fsp3) is 0.235. The molecule has 0 saturated carbocycles. The number of halogens is 1. The van der Waals surface area contributed by atoms with Crippen LogP contribution < -0.4 is 5.32 Å². The number of nitro groups is 1. The molecule has 0 aliphatic heterocycles. The molecule has 118 valence electrons. The van der Waals surface area contributed by atoms with E-state index in [0.717, 1.165) is 0 Å². The molecule has 2 aromatic rings. The fourth-order valence-corrected chi connectivity index (χ4v) is 1.86. The predicted molar refractivity (Wildman–Crippen MR) is 87.0 cm³/mol. The van der Waals surface area contributed by atoms with E-state index < -0.39 is 4.92 Å². The quantitative estimate of drug-likeness (QED) is 0.524. The molecule has 2 rings (SSSR count). The molecule has 0 fully saturated rings. The molecule has 0 saturated heterocycles. The minimum atomic E-state index is -0.482. The zero-order valence-corrected chi connectivity index (χ0v) is 13.1. The van der Waals surface area contributed by atoms with Gasteiger partial charge in [0.2, 0.25) is 0 Å². The second kappa shape index (κ2) is 6.88. The summed E-state index contributed by atoms with van der Waals surface area (Å²) < 4.78 is 13.0. The Bertz CT molecular complexity index is 790. The Balaban J connectivity index is 2.48. The monoisotopic (exact) mass is 313 g/mol. The van der Waals surface area contributed by atoms with Crippen molar-refractivity contribution in [1.29, 1.82) is 0 Å². The molecule has 0 amide bonds. The van der Waals surface area contributed by atoms with E-state index in [2.05, 4.69) is 22.1 Å². The highest BCUT2D eigenvalue weighted by molar-refractivity contribution is 5.66. The maximum absolute atomic E-state index is 13.0. The van der Waals surface area contributed by atoms with Crippen molar-refractivity contribution in [2.24, 2.45) is 5.92 Å². The Morgan fingerprint density at radius 2 is 1.96 bits per heavy atom. The second-order valence-corrected chi connectivity index (χ2v) is 5.30. The van der Waals surface area contributed by atoms with Gasteiger partial charge in [-0.25, -0.2) is 9.37 Å². The van der Waals surface area contributed by atoms with Crippen LogP contribution in [0.15, 0.2) is 30.3 Å². The molecule has 1 aromatic carbocycles. The summed E-state index contributed by atoms with van der Waals surface area (Å²) in [4.78, 5) is 14.8. The van der Waals surface area contributed by atoms with Gasteiger partial charge >= 0.3 is 0 Å². The van der Waals surface area contributed by atoms with Crippen molar-refractivity contribution in [1.82, 2.24) is 4.98 Å². The number of hydrogen-bond donors (Lipinski definition) is 1. The van der Waals surface area contributed by atoms with Gasteiger partial charge in [0, 0.05) is 17.7 Å². The third-order valence-electron chi connectivity index (χ3n) is 2.99. The lowest BCUT2D eigenvalue weighted by Crippen LogP contribution is -2.02. The Morgan fingerprint density at radius 1 is 1.30 bits per heavy atom. The van der Waals surface area contributed by atoms with Crippen LogP contribution in [-0.4, -0.2) is 9.91 Å². The SMILES string of the molecule is Cc1nc(Nc2ccc(F)cc2)c(C#CC(C)C)cc1[N+](=O)[O-]. The maximum atomic E-state index is 13.0. The summed E-state index contributed by atoms with van der Waals surface area (Å²) in [5.41, 5.74) is 1.26. The zero-order chi connectivity index (χ0) is 17.0. The van der Waals surface area contributed by atoms with Crippen molar-refractivity contribution in [2.45, 2.75) is 20.8 Å². The van der Waals surface area contributed by atoms with Gasteiger partial charge in [-0.3, -0.25) is 10.1 Å². The smallest absolute Gasteiger partial charge is 0.291 e. The number of aryl methyl sites for hydroxylation is 1. The van der Waals surface area contributed by atoms with Gasteiger partial charge < -0.3 is 5.32 Å². The van der Waals surface area contributed by atoms with Gasteiger partial charge in [0.1, 0.15) is 17.3 Å². The molecule has 0 aliphatic carbocycles. The summed E-state index contributed by atoms with van der Waals surface area (Å²) in [5, 5.41) is 14.1. The first-order valence-electron chi connectivity index (χ1n) is 7.07. The van der Waals surface area contributed by atoms with Gasteiger partial charge in [0.25, 0.3) is 5.69 Å². The van der Waals surface area contributed by atoms with Crippen molar-refractivity contribution in [3.63, 3.8) is 0 Å². The van der Waals surface area contributed by atoms with E-state index in [9.17, 15) is 14.5 Å². The van der Waals surface area contributed by atoms with E-state index in [1.54, 1.807) is 19.1 Å². The molecule has 0 bridgehead atoms. The molecule has 0 unspecified atom stereocenters. The summed E-state index contributed by atoms with van der Waals surface area (Å²) in [7, 11) is 0. The minimum absolute atomic E-state index is 0.0808. The Kier molecular flexibility index (Phi) is 4.91. The van der Waals surface area contributed by atoms with Crippen molar-refractivity contribution in [2.75, 3.05) is 5.32 Å². The number of nitrogens with one attached hydrogen (secondary N) is 1. The van der Waals surface area contributed by atoms with Crippen LogP contribution in [-0.2, 0) is 0 Å². The molecule has 0 atom stereocenters. The van der Waals surface area contributed by atoms with Crippen LogP contribution >= 0.6 is 0 Å². The van der Waals surface area contributed by atoms with Crippen molar-refractivity contribution < 1.29 is 9.31 Å². The van der Waals surface area contributed by atoms with Crippen molar-refractivity contribution in [3.8, 4) is 11.8 Å². The molecular formula is C17H16FN3O2. The highest BCUT2D eigenvalue weighted by Crippen LogP contribution is 2.25. The maximum Gasteiger partial charge on any atom is 0.291 e. The van der Waals surface area contributed by atoms with E-state index in [1.807, 2.05) is 13.8 Å². The number of aromatic nitrogens is 1. The van der Waals surface area contributed by atoms with Gasteiger partial charge in [-0.15, -0.1) is 0 Å². The van der Waals surface area contributed by atoms with E-state index in [0.29, 0.717) is 17.1 Å². The van der Waals surface area contributed by atoms with Gasteiger partial charge in [-0.2, -0.15) is 0 Å². The second-order valence-electron chi connectivity index (χ2n) is 5.30. The summed E-state index contributed by atoms with van der Waals surface area (Å²) in [6, 6.07) is 7.17. The number of pyridine rings is 1. The molecular weight excluding hydrogens is 297 g/mol. The molecule has 0 spiro atoms. The summed E-state index contributed by atoms with van der Waals surface area (Å²) in [6.07, 6.45) is 0. The molecule has 0 aliphatic rings. The third-order valence-corrected chi connectivity index (χ3v) is 2.99. The Hall–Kier alpha value is -2.94. The molecule has 1 heterocycles. The van der Waals surface area contributed by atoms with E-state index >= 15 is 0 Å². The predicted octanol–water partition coefficient (Wildman–Crippen LogP) is 4.19. The average molecular weight is 313 g/mol. The van der Waals surface area contributed by atoms with Crippen LogP contribution in [0.1, 0.15) is 25.1 Å². The summed E-state index contributed by atoms with van der Waals surface area (Å²) in [5.74, 6) is 6.07. The summed E-state index contributed by atoms with van der Waals surface area (Å²) in [6.45, 7) is 5.42. The van der Waals surface area contributed by atoms with Gasteiger partial charge in [0.15, 0.2) is 0 Å². The van der Waals surface area contributed by atoms with Crippen molar-refractivity contribution in [3.05, 3.63) is 57.5 Å². The molecule has 1 aromatic heterocycles. The van der Waals surface area contributed by atoms with E-state index in [1.165, 1.54) is 18.2 Å². The van der Waals surface area contributed by atoms with Crippen LogP contribution in [0.2, 0.25) is 0 Å². The largest absolute Gasteiger partial charge is 0.339 e. The van der Waals surface area contributed by atoms with Crippen LogP contribution in [0.5, 0.6) is 0 Å². The third kappa shape index (κ3) is 4.27. The van der Waals surface area contributed by atoms with Crippen molar-refractivity contribution >= 4 is 17.2 Å². The Morgan fingerprint density at radius 3 is 2.52 bits per heavy atom. The molecule has 6 heteroatoms. The number of hydrogen-bond acceptors (Lipinski definition) is 4. The molecule has 0 radical (unpaired) electrons. The lowest BCUT2D eigenvalue weighted by molar-refractivity contribution is -0.385. The van der Waals surface area contributed by atoms with E-state index in [-0.39, 0.29) is 23.1 Å². The molecule has 23 heavy (non-hydrogen) atoms. The van der Waals surface area contributed by atoms with Gasteiger partial charge in [-0.05, 0) is 31.2 Å². The van der Waals surface area contributed by atoms with Crippen LogP contribution in [0.3, 0.4) is 0 Å². The zero-order valence-electron chi connectivity index (χ0n) is 13.1. The topological polar surface area (TPSA) is 68.1 Å². The molecule has 1 N–H and O–H groups in total. The van der Waals surface area contributed by atoms with Crippen LogP contribution in [0.4, 0.5) is 21.6 Å². The Labute approximate surface area is 133 Å². The highest BCUT2D eigenvalue weighted by atomic mass is 19.1. The average Bonchev–Trinajstić information content (AvgIpc) is 2.48. The normalized spacial score (nSPS) is 10.1. The number of nitrogens with zero attached hydrogens (tertiary/aromatic N) is 2. The lowest BCUT2D eigenvalue weighted by atomic mass is 10.1. The number of anilines is 2. The summed E-state index contributed by atoms with van der Waals surface area (Å²) >= 11 is 0. The minimum Gasteiger partial charge on any atom is -0.339 e. The fourth-order valence-electron chi connectivity index (χ4n) is 1.86. The first-order valence-corrected chi connectivity index (χ1v) is 7.07. The number of benzene rings is 1. The molecule has 5 nitrogen and oxygen atoms in total. The highest BCUT2D eigenvalue weighted by Gasteiger charge is 2.16. The van der Waals surface area contributed by atoms with Gasteiger partial charge in [-0.1, -0.05) is 25.7 Å². The lowest BCUT2D eigenvalue weighted by Gasteiger charge is -2.09. The van der Waals surface area contributed by atoms with Crippen LogP contribution in [0, 0.1) is 40.6 Å². The first kappa shape index (κ1) is 16.4. The first-order chi connectivity index (χ1) is 10.9. The number of rotatable bonds is 3. The van der Waals surface area contributed by atoms with Gasteiger partial charge in [0.05, 0.1) is 10.5 Å². The van der Waals surface area contributed by atoms with E-state index in [4.69, 9.17) is 0 Å². The van der Waals surface area contributed by atoms with Crippen LogP contribution in [0.25, 0.3) is 0 Å². The standard InChI is InChI=1S/C17H16FN3O2/c1-11(2)4-5-13-10-16(21(22)23)12(3)19-17(13)20-15-8-6-14(18)7-9-15/h6-11H,1-3H3,(H,19,20).